The van der Waals surface area contributed by atoms with Crippen LogP contribution in [-0.2, 0) is 9.59 Å². The van der Waals surface area contributed by atoms with Crippen molar-refractivity contribution in [2.24, 2.45) is 11.3 Å². The molecule has 110 valence electrons. The van der Waals surface area contributed by atoms with Gasteiger partial charge in [0.2, 0.25) is 5.75 Å². The maximum absolute atomic E-state index is 11.8. The van der Waals surface area contributed by atoms with Crippen molar-refractivity contribution in [3.8, 4) is 17.2 Å². The zero-order chi connectivity index (χ0) is 15.5. The van der Waals surface area contributed by atoms with Crippen LogP contribution in [0.4, 0.5) is 0 Å². The zero-order valence-corrected chi connectivity index (χ0v) is 12.4. The van der Waals surface area contributed by atoms with Gasteiger partial charge in [-0.25, -0.2) is 0 Å². The Bertz CT molecular complexity index is 511. The molecule has 1 N–H and O–H groups in total. The minimum atomic E-state index is -0.697. The Hall–Kier alpha value is -2.04. The van der Waals surface area contributed by atoms with Crippen molar-refractivity contribution in [3.05, 3.63) is 18.2 Å². The Balaban J connectivity index is 2.96. The van der Waals surface area contributed by atoms with Crippen molar-refractivity contribution in [1.29, 1.82) is 0 Å². The van der Waals surface area contributed by atoms with Gasteiger partial charge in [0.15, 0.2) is 11.5 Å². The monoisotopic (exact) mass is 280 g/mol. The molecule has 0 amide bonds. The largest absolute Gasteiger partial charge is 0.502 e. The molecule has 0 bridgehead atoms. The summed E-state index contributed by atoms with van der Waals surface area (Å²) in [6, 6.07) is 4.41. The fourth-order valence-electron chi connectivity index (χ4n) is 1.15. The summed E-state index contributed by atoms with van der Waals surface area (Å²) < 4.78 is 10.1. The lowest BCUT2D eigenvalue weighted by Crippen LogP contribution is -2.25. The van der Waals surface area contributed by atoms with Crippen LogP contribution in [0.5, 0.6) is 17.2 Å². The molecule has 0 heterocycles. The van der Waals surface area contributed by atoms with Crippen LogP contribution in [0.2, 0.25) is 0 Å². The van der Waals surface area contributed by atoms with E-state index in [1.807, 2.05) is 0 Å². The molecule has 20 heavy (non-hydrogen) atoms. The van der Waals surface area contributed by atoms with E-state index in [0.717, 1.165) is 0 Å². The van der Waals surface area contributed by atoms with Crippen LogP contribution >= 0.6 is 0 Å². The van der Waals surface area contributed by atoms with E-state index in [4.69, 9.17) is 9.47 Å². The van der Waals surface area contributed by atoms with Gasteiger partial charge in [-0.1, -0.05) is 19.9 Å². The summed E-state index contributed by atoms with van der Waals surface area (Å²) >= 11 is 0. The second-order valence-corrected chi connectivity index (χ2v) is 5.82. The summed E-state index contributed by atoms with van der Waals surface area (Å²) in [5, 5.41) is 9.98. The lowest BCUT2D eigenvalue weighted by molar-refractivity contribution is -0.143. The SMILES string of the molecule is CC(C)C(=O)Oc1cccc(OC(=O)C(C)(C)C)c1O. The summed E-state index contributed by atoms with van der Waals surface area (Å²) in [4.78, 5) is 23.3. The number of esters is 2. The van der Waals surface area contributed by atoms with Crippen molar-refractivity contribution in [2.45, 2.75) is 34.6 Å². The maximum atomic E-state index is 11.8. The van der Waals surface area contributed by atoms with Gasteiger partial charge in [0.1, 0.15) is 0 Å². The molecule has 5 nitrogen and oxygen atoms in total. The molecule has 0 saturated heterocycles. The van der Waals surface area contributed by atoms with E-state index in [2.05, 4.69) is 0 Å². The third-order valence-corrected chi connectivity index (χ3v) is 2.46. The molecule has 0 aromatic heterocycles. The first-order valence-electron chi connectivity index (χ1n) is 6.39. The van der Waals surface area contributed by atoms with E-state index in [-0.39, 0.29) is 23.2 Å². The molecule has 0 fully saturated rings. The predicted octanol–water partition coefficient (Wildman–Crippen LogP) is 2.91. The Morgan fingerprint density at radius 3 is 2.05 bits per heavy atom. The van der Waals surface area contributed by atoms with E-state index in [0.29, 0.717) is 0 Å². The van der Waals surface area contributed by atoms with Crippen molar-refractivity contribution in [1.82, 2.24) is 0 Å². The van der Waals surface area contributed by atoms with E-state index < -0.39 is 17.4 Å². The van der Waals surface area contributed by atoms with E-state index in [1.54, 1.807) is 34.6 Å². The fraction of sp³-hybridized carbons (Fsp3) is 0.467. The highest BCUT2D eigenvalue weighted by atomic mass is 16.6. The first-order chi connectivity index (χ1) is 9.12. The van der Waals surface area contributed by atoms with Crippen LogP contribution in [0.1, 0.15) is 34.6 Å². The third-order valence-electron chi connectivity index (χ3n) is 2.46. The number of para-hydroxylation sites is 1. The molecule has 0 aliphatic heterocycles. The summed E-state index contributed by atoms with van der Waals surface area (Å²) in [7, 11) is 0. The highest BCUT2D eigenvalue weighted by Gasteiger charge is 2.25. The van der Waals surface area contributed by atoms with Crippen molar-refractivity contribution >= 4 is 11.9 Å². The Kier molecular flexibility index (Phi) is 4.76. The Labute approximate surface area is 118 Å². The van der Waals surface area contributed by atoms with Gasteiger partial charge in [-0.15, -0.1) is 0 Å². The lowest BCUT2D eigenvalue weighted by atomic mass is 9.97. The number of ether oxygens (including phenoxy) is 2. The molecule has 1 rings (SSSR count). The van der Waals surface area contributed by atoms with Crippen molar-refractivity contribution in [2.75, 3.05) is 0 Å². The molecule has 0 aliphatic carbocycles. The van der Waals surface area contributed by atoms with Crippen LogP contribution in [0.3, 0.4) is 0 Å². The number of rotatable bonds is 3. The number of hydrogen-bond donors (Lipinski definition) is 1. The zero-order valence-electron chi connectivity index (χ0n) is 12.4. The van der Waals surface area contributed by atoms with Gasteiger partial charge in [-0.3, -0.25) is 9.59 Å². The summed E-state index contributed by atoms with van der Waals surface area (Å²) in [6.45, 7) is 8.48. The van der Waals surface area contributed by atoms with Crippen molar-refractivity contribution < 1.29 is 24.2 Å². The fourth-order valence-corrected chi connectivity index (χ4v) is 1.15. The molecule has 0 aliphatic rings. The van der Waals surface area contributed by atoms with Gasteiger partial charge in [0, 0.05) is 0 Å². The van der Waals surface area contributed by atoms with Crippen LogP contribution in [0.15, 0.2) is 18.2 Å². The number of carbonyl (C=O) groups is 2. The molecule has 5 heteroatoms. The van der Waals surface area contributed by atoms with E-state index in [1.165, 1.54) is 18.2 Å². The molecule has 0 radical (unpaired) electrons. The smallest absolute Gasteiger partial charge is 0.316 e. The van der Waals surface area contributed by atoms with Crippen molar-refractivity contribution in [3.63, 3.8) is 0 Å². The number of benzene rings is 1. The second-order valence-electron chi connectivity index (χ2n) is 5.82. The van der Waals surface area contributed by atoms with Gasteiger partial charge in [-0.2, -0.15) is 0 Å². The minimum absolute atomic E-state index is 0.0251. The Morgan fingerprint density at radius 2 is 1.60 bits per heavy atom. The van der Waals surface area contributed by atoms with Crippen LogP contribution in [0.25, 0.3) is 0 Å². The van der Waals surface area contributed by atoms with Crippen LogP contribution in [0, 0.1) is 11.3 Å². The lowest BCUT2D eigenvalue weighted by Gasteiger charge is -2.17. The molecule has 0 atom stereocenters. The number of phenolic OH excluding ortho intramolecular Hbond substituents is 1. The second kappa shape index (κ2) is 5.94. The quantitative estimate of drug-likeness (QED) is 0.680. The molecule has 1 aromatic rings. The molecule has 0 unspecified atom stereocenters. The first kappa shape index (κ1) is 16.0. The number of aromatic hydroxyl groups is 1. The predicted molar refractivity (Wildman–Crippen MR) is 73.7 cm³/mol. The van der Waals surface area contributed by atoms with E-state index >= 15 is 0 Å². The molecule has 0 spiro atoms. The van der Waals surface area contributed by atoms with E-state index in [9.17, 15) is 14.7 Å². The Morgan fingerprint density at radius 1 is 1.10 bits per heavy atom. The number of hydrogen-bond acceptors (Lipinski definition) is 5. The molecule has 1 aromatic carbocycles. The summed E-state index contributed by atoms with van der Waals surface area (Å²) in [6.07, 6.45) is 0. The molecular formula is C15H20O5. The maximum Gasteiger partial charge on any atom is 0.316 e. The van der Waals surface area contributed by atoms with Gasteiger partial charge in [0.05, 0.1) is 11.3 Å². The molecular weight excluding hydrogens is 260 g/mol. The van der Waals surface area contributed by atoms with Crippen LogP contribution < -0.4 is 9.47 Å². The van der Waals surface area contributed by atoms with Gasteiger partial charge in [-0.05, 0) is 32.9 Å². The van der Waals surface area contributed by atoms with Crippen LogP contribution in [-0.4, -0.2) is 17.0 Å². The topological polar surface area (TPSA) is 72.8 Å². The highest BCUT2D eigenvalue weighted by Crippen LogP contribution is 2.37. The highest BCUT2D eigenvalue weighted by molar-refractivity contribution is 5.79. The summed E-state index contributed by atoms with van der Waals surface area (Å²) in [5.74, 6) is -1.70. The first-order valence-corrected chi connectivity index (χ1v) is 6.39. The third kappa shape index (κ3) is 3.98. The summed E-state index contributed by atoms with van der Waals surface area (Å²) in [5.41, 5.74) is -0.697. The standard InChI is InChI=1S/C15H20O5/c1-9(2)13(17)19-10-7-6-8-11(12(10)16)20-14(18)15(3,4)5/h6-9,16H,1-5H3. The average Bonchev–Trinajstić information content (AvgIpc) is 2.32. The van der Waals surface area contributed by atoms with Gasteiger partial charge < -0.3 is 14.6 Å². The number of phenols is 1. The van der Waals surface area contributed by atoms with Gasteiger partial charge >= 0.3 is 11.9 Å². The normalized spacial score (nSPS) is 11.3. The number of carbonyl (C=O) groups excluding carboxylic acids is 2. The van der Waals surface area contributed by atoms with Gasteiger partial charge in [0.25, 0.3) is 0 Å². The average molecular weight is 280 g/mol. The molecule has 0 saturated carbocycles. The minimum Gasteiger partial charge on any atom is -0.502 e.